The van der Waals surface area contributed by atoms with Gasteiger partial charge in [-0.1, -0.05) is 11.6 Å². The highest BCUT2D eigenvalue weighted by molar-refractivity contribution is 8.00. The molecule has 0 aromatic carbocycles. The van der Waals surface area contributed by atoms with E-state index in [9.17, 15) is 14.4 Å². The van der Waals surface area contributed by atoms with Crippen molar-refractivity contribution in [2.24, 2.45) is 0 Å². The number of hydrogen-bond acceptors (Lipinski definition) is 7. The molecular formula is C12H11ClN4O4S2. The second-order valence-corrected chi connectivity index (χ2v) is 7.44. The first-order valence-corrected chi connectivity index (χ1v) is 8.73. The minimum absolute atomic E-state index is 0.0200. The number of carboxylic acid groups (broad SMARTS) is 1. The summed E-state index contributed by atoms with van der Waals surface area (Å²) in [4.78, 5) is 40.6. The number of aryl methyl sites for hydroxylation is 1. The normalized spacial score (nSPS) is 23.4. The summed E-state index contributed by atoms with van der Waals surface area (Å²) in [6.07, 6.45) is -0.0200. The number of fused-ring (bicyclic) bond motifs is 1. The fraction of sp³-hybridized carbons (Fsp3) is 0.417. The van der Waals surface area contributed by atoms with Crippen LogP contribution in [0.1, 0.15) is 10.8 Å². The van der Waals surface area contributed by atoms with Gasteiger partial charge < -0.3 is 10.4 Å². The topological polar surface area (TPSA) is 112 Å². The van der Waals surface area contributed by atoms with Crippen molar-refractivity contribution in [3.8, 4) is 0 Å². The third kappa shape index (κ3) is 2.93. The average molecular weight is 375 g/mol. The molecule has 2 atom stereocenters. The van der Waals surface area contributed by atoms with Crippen LogP contribution in [0.2, 0.25) is 0 Å². The van der Waals surface area contributed by atoms with Gasteiger partial charge in [-0.25, -0.2) is 9.78 Å². The maximum absolute atomic E-state index is 12.2. The van der Waals surface area contributed by atoms with Gasteiger partial charge in [-0.05, 0) is 18.5 Å². The largest absolute Gasteiger partial charge is 0.477 e. The second-order valence-electron chi connectivity index (χ2n) is 4.92. The molecule has 2 aliphatic rings. The number of carboxylic acids is 1. The minimum atomic E-state index is -1.25. The molecule has 8 nitrogen and oxygen atoms in total. The van der Waals surface area contributed by atoms with E-state index in [1.807, 2.05) is 0 Å². The Balaban J connectivity index is 1.66. The Bertz CT molecular complexity index is 734. The number of nitrogens with zero attached hydrogens (tertiary/aromatic N) is 3. The molecule has 0 saturated carbocycles. The van der Waals surface area contributed by atoms with Crippen molar-refractivity contribution in [1.82, 2.24) is 19.6 Å². The van der Waals surface area contributed by atoms with Gasteiger partial charge in [-0.2, -0.15) is 4.37 Å². The number of nitrogens with one attached hydrogen (secondary N) is 1. The highest BCUT2D eigenvalue weighted by Gasteiger charge is 2.54. The van der Waals surface area contributed by atoms with Gasteiger partial charge in [0.05, 0.1) is 11.5 Å². The van der Waals surface area contributed by atoms with Gasteiger partial charge >= 0.3 is 5.97 Å². The van der Waals surface area contributed by atoms with E-state index in [0.717, 1.165) is 9.91 Å². The summed E-state index contributed by atoms with van der Waals surface area (Å²) in [6, 6.07) is -0.758. The fourth-order valence-corrected chi connectivity index (χ4v) is 4.40. The Morgan fingerprint density at radius 1 is 1.52 bits per heavy atom. The fourth-order valence-electron chi connectivity index (χ4n) is 2.36. The molecule has 0 bridgehead atoms. The van der Waals surface area contributed by atoms with E-state index in [4.69, 9.17) is 16.7 Å². The number of aromatic nitrogens is 2. The van der Waals surface area contributed by atoms with Crippen molar-refractivity contribution < 1.29 is 19.5 Å². The first-order chi connectivity index (χ1) is 10.9. The third-order valence-electron chi connectivity index (χ3n) is 3.33. The average Bonchev–Trinajstić information content (AvgIpc) is 2.89. The number of amides is 2. The number of rotatable bonds is 4. The highest BCUT2D eigenvalue weighted by atomic mass is 35.5. The SMILES string of the molecule is Cc1nc(CC(=O)N[C@@H]2C(=O)N3C(C(=O)O)=C(Cl)CS[C@@H]23)ns1. The van der Waals surface area contributed by atoms with Crippen molar-refractivity contribution in [2.75, 3.05) is 5.75 Å². The molecule has 11 heteroatoms. The monoisotopic (exact) mass is 374 g/mol. The van der Waals surface area contributed by atoms with Crippen LogP contribution < -0.4 is 5.32 Å². The molecule has 2 amide bonds. The third-order valence-corrected chi connectivity index (χ3v) is 5.74. The van der Waals surface area contributed by atoms with Gasteiger partial charge in [-0.15, -0.1) is 11.8 Å². The van der Waals surface area contributed by atoms with Crippen LogP contribution in [0.25, 0.3) is 0 Å². The van der Waals surface area contributed by atoms with Gasteiger partial charge in [0, 0.05) is 5.75 Å². The Hall–Kier alpha value is -1.65. The van der Waals surface area contributed by atoms with Crippen LogP contribution >= 0.6 is 34.9 Å². The Labute approximate surface area is 144 Å². The number of thioether (sulfide) groups is 1. The Morgan fingerprint density at radius 3 is 2.87 bits per heavy atom. The van der Waals surface area contributed by atoms with Crippen molar-refractivity contribution in [1.29, 1.82) is 0 Å². The van der Waals surface area contributed by atoms with Gasteiger partial charge in [0.15, 0.2) is 5.82 Å². The lowest BCUT2D eigenvalue weighted by molar-refractivity contribution is -0.150. The second kappa shape index (κ2) is 6.10. The highest BCUT2D eigenvalue weighted by Crippen LogP contribution is 2.41. The van der Waals surface area contributed by atoms with Crippen LogP contribution in [-0.4, -0.2) is 54.3 Å². The zero-order valence-corrected chi connectivity index (χ0v) is 14.2. The molecule has 23 heavy (non-hydrogen) atoms. The maximum atomic E-state index is 12.2. The van der Waals surface area contributed by atoms with Crippen LogP contribution in [0.3, 0.4) is 0 Å². The lowest BCUT2D eigenvalue weighted by atomic mass is 10.0. The molecule has 1 aromatic rings. The molecule has 3 heterocycles. The molecule has 0 unspecified atom stereocenters. The first-order valence-electron chi connectivity index (χ1n) is 6.53. The first kappa shape index (κ1) is 16.2. The molecule has 0 radical (unpaired) electrons. The minimum Gasteiger partial charge on any atom is -0.477 e. The molecule has 0 aliphatic carbocycles. The summed E-state index contributed by atoms with van der Waals surface area (Å²) in [7, 11) is 0. The molecular weight excluding hydrogens is 364 g/mol. The van der Waals surface area contributed by atoms with Crippen LogP contribution in [0.15, 0.2) is 10.7 Å². The summed E-state index contributed by atoms with van der Waals surface area (Å²) in [5, 5.41) is 12.2. The maximum Gasteiger partial charge on any atom is 0.353 e. The molecule has 3 rings (SSSR count). The van der Waals surface area contributed by atoms with Gasteiger partial charge in [0.1, 0.15) is 22.1 Å². The Kier molecular flexibility index (Phi) is 4.30. The molecule has 1 fully saturated rings. The number of carbonyl (C=O) groups is 3. The summed E-state index contributed by atoms with van der Waals surface area (Å²) in [5.41, 5.74) is -0.206. The smallest absolute Gasteiger partial charge is 0.353 e. The molecule has 0 spiro atoms. The lowest BCUT2D eigenvalue weighted by Crippen LogP contribution is -2.70. The van der Waals surface area contributed by atoms with Crippen molar-refractivity contribution in [3.63, 3.8) is 0 Å². The summed E-state index contributed by atoms with van der Waals surface area (Å²) < 4.78 is 4.02. The van der Waals surface area contributed by atoms with Gasteiger partial charge in [0.2, 0.25) is 5.91 Å². The van der Waals surface area contributed by atoms with E-state index in [-0.39, 0.29) is 28.8 Å². The molecule has 122 valence electrons. The molecule has 1 aromatic heterocycles. The van der Waals surface area contributed by atoms with Crippen LogP contribution in [0.4, 0.5) is 0 Å². The number of hydrogen-bond donors (Lipinski definition) is 2. The van der Waals surface area contributed by atoms with Crippen molar-refractivity contribution in [2.45, 2.75) is 24.8 Å². The lowest BCUT2D eigenvalue weighted by Gasteiger charge is -2.48. The van der Waals surface area contributed by atoms with Crippen molar-refractivity contribution >= 4 is 52.7 Å². The van der Waals surface area contributed by atoms with Crippen LogP contribution in [0.5, 0.6) is 0 Å². The van der Waals surface area contributed by atoms with E-state index < -0.39 is 23.3 Å². The van der Waals surface area contributed by atoms with E-state index in [1.165, 1.54) is 23.3 Å². The van der Waals surface area contributed by atoms with Gasteiger partial charge in [-0.3, -0.25) is 14.5 Å². The standard InChI is InChI=1S/C12H11ClN4O4S2/c1-4-14-6(16-23-4)2-7(18)15-8-10(19)17-9(12(20)21)5(13)3-22-11(8)17/h8,11H,2-3H2,1H3,(H,15,18)(H,20,21)/t8-,11+/m1/s1. The van der Waals surface area contributed by atoms with Crippen LogP contribution in [-0.2, 0) is 20.8 Å². The molecule has 2 N–H and O–H groups in total. The van der Waals surface area contributed by atoms with E-state index in [0.29, 0.717) is 5.82 Å². The van der Waals surface area contributed by atoms with Crippen molar-refractivity contribution in [3.05, 3.63) is 21.6 Å². The summed E-state index contributed by atoms with van der Waals surface area (Å²) >= 11 is 8.40. The summed E-state index contributed by atoms with van der Waals surface area (Å²) in [6.45, 7) is 1.79. The number of carbonyl (C=O) groups excluding carboxylic acids is 2. The molecule has 2 aliphatic heterocycles. The Morgan fingerprint density at radius 2 is 2.26 bits per heavy atom. The number of halogens is 1. The summed E-state index contributed by atoms with van der Waals surface area (Å²) in [5.74, 6) is -1.41. The predicted octanol–water partition coefficient (Wildman–Crippen LogP) is 0.324. The van der Waals surface area contributed by atoms with E-state index in [1.54, 1.807) is 6.92 Å². The van der Waals surface area contributed by atoms with Crippen LogP contribution in [0, 0.1) is 6.92 Å². The zero-order chi connectivity index (χ0) is 16.7. The van der Waals surface area contributed by atoms with Gasteiger partial charge in [0.25, 0.3) is 5.91 Å². The quantitative estimate of drug-likeness (QED) is 0.730. The zero-order valence-electron chi connectivity index (χ0n) is 11.8. The molecule has 1 saturated heterocycles. The van der Waals surface area contributed by atoms with E-state index >= 15 is 0 Å². The predicted molar refractivity (Wildman–Crippen MR) is 83.9 cm³/mol. The number of aliphatic carboxylic acids is 1. The number of β-lactam (4-membered cyclic amide) rings is 1. The van der Waals surface area contributed by atoms with E-state index in [2.05, 4.69) is 14.7 Å².